The number of fused-ring (bicyclic) bond motifs is 1. The number of rotatable bonds is 4. The summed E-state index contributed by atoms with van der Waals surface area (Å²) in [6.07, 6.45) is -2.85. The van der Waals surface area contributed by atoms with Crippen molar-refractivity contribution in [3.05, 3.63) is 52.3 Å². The number of aromatic nitrogens is 1. The summed E-state index contributed by atoms with van der Waals surface area (Å²) in [5.74, 6) is -0.827. The molecule has 1 aliphatic carbocycles. The van der Waals surface area contributed by atoms with Crippen LogP contribution >= 0.6 is 11.6 Å². The fourth-order valence-corrected chi connectivity index (χ4v) is 5.38. The molecule has 0 saturated heterocycles. The largest absolute Gasteiger partial charge is 0.433 e. The number of carbonyl (C=O) groups is 1. The number of sulfonamides is 1. The van der Waals surface area contributed by atoms with Gasteiger partial charge in [-0.1, -0.05) is 23.7 Å². The molecule has 4 rings (SSSR count). The van der Waals surface area contributed by atoms with Gasteiger partial charge in [0, 0.05) is 17.8 Å². The Balaban J connectivity index is 1.63. The molecule has 0 radical (unpaired) electrons. The van der Waals surface area contributed by atoms with E-state index in [0.717, 1.165) is 25.1 Å². The van der Waals surface area contributed by atoms with Gasteiger partial charge in [0.15, 0.2) is 0 Å². The number of halogens is 4. The number of pyridine rings is 1. The molecule has 1 saturated carbocycles. The van der Waals surface area contributed by atoms with Gasteiger partial charge in [-0.25, -0.2) is 18.1 Å². The molecule has 6 nitrogen and oxygen atoms in total. The Morgan fingerprint density at radius 3 is 2.57 bits per heavy atom. The second-order valence-electron chi connectivity index (χ2n) is 7.36. The average molecular weight is 460 g/mol. The zero-order valence-corrected chi connectivity index (χ0v) is 17.1. The SMILES string of the molecule is O=C(NS(=O)(=O)c1cccc2c1CCCN2)C1(c2ccc(C(F)(F)F)nc2Cl)CC1. The van der Waals surface area contributed by atoms with Gasteiger partial charge in [-0.15, -0.1) is 0 Å². The second-order valence-corrected chi connectivity index (χ2v) is 9.37. The van der Waals surface area contributed by atoms with Crippen LogP contribution in [-0.2, 0) is 32.8 Å². The van der Waals surface area contributed by atoms with Crippen LogP contribution in [0.25, 0.3) is 0 Å². The molecule has 0 atom stereocenters. The Labute approximate surface area is 175 Å². The van der Waals surface area contributed by atoms with Crippen molar-refractivity contribution in [3.8, 4) is 0 Å². The van der Waals surface area contributed by atoms with Crippen LogP contribution in [0.1, 0.15) is 36.1 Å². The highest BCUT2D eigenvalue weighted by atomic mass is 35.5. The summed E-state index contributed by atoms with van der Waals surface area (Å²) in [6.45, 7) is 0.728. The standard InChI is InChI=1S/C19H17ClF3N3O3S/c20-16-12(6-7-15(25-16)19(21,22)23)18(8-9-18)17(27)26-30(28,29)14-5-1-4-13-11(14)3-2-10-24-13/h1,4-7,24H,2-3,8-10H2,(H,26,27). The van der Waals surface area contributed by atoms with E-state index >= 15 is 0 Å². The highest BCUT2D eigenvalue weighted by Gasteiger charge is 2.54. The van der Waals surface area contributed by atoms with Crippen molar-refractivity contribution in [2.75, 3.05) is 11.9 Å². The summed E-state index contributed by atoms with van der Waals surface area (Å²) >= 11 is 5.94. The van der Waals surface area contributed by atoms with Crippen molar-refractivity contribution in [1.29, 1.82) is 0 Å². The van der Waals surface area contributed by atoms with Crippen LogP contribution in [0.15, 0.2) is 35.2 Å². The number of hydrogen-bond acceptors (Lipinski definition) is 5. The topological polar surface area (TPSA) is 88.2 Å². The van der Waals surface area contributed by atoms with Crippen LogP contribution in [0.2, 0.25) is 5.15 Å². The number of amides is 1. The predicted molar refractivity (Wildman–Crippen MR) is 104 cm³/mol. The molecule has 1 fully saturated rings. The summed E-state index contributed by atoms with van der Waals surface area (Å²) in [5, 5.41) is 2.67. The van der Waals surface area contributed by atoms with Gasteiger partial charge in [-0.05, 0) is 49.4 Å². The maximum absolute atomic E-state index is 12.9. The Kier molecular flexibility index (Phi) is 4.97. The number of nitrogens with zero attached hydrogens (tertiary/aromatic N) is 1. The van der Waals surface area contributed by atoms with Gasteiger partial charge in [0.25, 0.3) is 10.0 Å². The first kappa shape index (κ1) is 20.9. The van der Waals surface area contributed by atoms with Gasteiger partial charge in [0.2, 0.25) is 5.91 Å². The zero-order valence-electron chi connectivity index (χ0n) is 15.5. The Morgan fingerprint density at radius 2 is 1.93 bits per heavy atom. The lowest BCUT2D eigenvalue weighted by molar-refractivity contribution is -0.141. The van der Waals surface area contributed by atoms with Crippen molar-refractivity contribution in [2.45, 2.75) is 42.2 Å². The first-order chi connectivity index (χ1) is 14.0. The van der Waals surface area contributed by atoms with Crippen LogP contribution in [0.4, 0.5) is 18.9 Å². The summed E-state index contributed by atoms with van der Waals surface area (Å²) < 4.78 is 66.5. The fraction of sp³-hybridized carbons (Fsp3) is 0.368. The highest BCUT2D eigenvalue weighted by Crippen LogP contribution is 2.51. The summed E-state index contributed by atoms with van der Waals surface area (Å²) in [5.41, 5.74) is -1.10. The number of alkyl halides is 3. The van der Waals surface area contributed by atoms with Crippen molar-refractivity contribution in [3.63, 3.8) is 0 Å². The highest BCUT2D eigenvalue weighted by molar-refractivity contribution is 7.90. The molecule has 2 heterocycles. The van der Waals surface area contributed by atoms with Crippen LogP contribution < -0.4 is 10.0 Å². The third-order valence-electron chi connectivity index (χ3n) is 5.41. The van der Waals surface area contributed by atoms with E-state index in [1.165, 1.54) is 6.07 Å². The summed E-state index contributed by atoms with van der Waals surface area (Å²) in [4.78, 5) is 16.3. The number of benzene rings is 1. The molecular formula is C19H17ClF3N3O3S. The first-order valence-corrected chi connectivity index (χ1v) is 11.1. The molecule has 2 aromatic rings. The van der Waals surface area contributed by atoms with Crippen LogP contribution in [0, 0.1) is 0 Å². The quantitative estimate of drug-likeness (QED) is 0.681. The van der Waals surface area contributed by atoms with Crippen molar-refractivity contribution < 1.29 is 26.4 Å². The molecule has 1 aromatic carbocycles. The third-order valence-corrected chi connectivity index (χ3v) is 7.11. The maximum atomic E-state index is 12.9. The van der Waals surface area contributed by atoms with Gasteiger partial charge in [-0.2, -0.15) is 13.2 Å². The average Bonchev–Trinajstić information content (AvgIpc) is 3.48. The lowest BCUT2D eigenvalue weighted by atomic mass is 9.97. The number of hydrogen-bond donors (Lipinski definition) is 2. The number of carbonyl (C=O) groups excluding carboxylic acids is 1. The Bertz CT molecular complexity index is 1130. The predicted octanol–water partition coefficient (Wildman–Crippen LogP) is 3.65. The molecule has 0 bridgehead atoms. The number of anilines is 1. The normalized spacial score (nSPS) is 17.6. The maximum Gasteiger partial charge on any atom is 0.433 e. The molecular weight excluding hydrogens is 443 g/mol. The minimum Gasteiger partial charge on any atom is -0.385 e. The molecule has 0 unspecified atom stereocenters. The molecule has 11 heteroatoms. The Morgan fingerprint density at radius 1 is 1.20 bits per heavy atom. The molecule has 0 spiro atoms. The van der Waals surface area contributed by atoms with E-state index in [1.54, 1.807) is 12.1 Å². The van der Waals surface area contributed by atoms with E-state index < -0.39 is 38.4 Å². The van der Waals surface area contributed by atoms with Crippen LogP contribution in [0.3, 0.4) is 0 Å². The van der Waals surface area contributed by atoms with Gasteiger partial charge in [0.05, 0.1) is 10.3 Å². The Hall–Kier alpha value is -2.33. The van der Waals surface area contributed by atoms with Gasteiger partial charge >= 0.3 is 6.18 Å². The number of nitrogens with one attached hydrogen (secondary N) is 2. The van der Waals surface area contributed by atoms with Gasteiger partial charge < -0.3 is 5.32 Å². The summed E-state index contributed by atoms with van der Waals surface area (Å²) in [7, 11) is -4.18. The van der Waals surface area contributed by atoms with E-state index in [2.05, 4.69) is 15.0 Å². The zero-order chi connectivity index (χ0) is 21.7. The van der Waals surface area contributed by atoms with E-state index in [-0.39, 0.29) is 23.3 Å². The van der Waals surface area contributed by atoms with Crippen LogP contribution in [0.5, 0.6) is 0 Å². The fourth-order valence-electron chi connectivity index (χ4n) is 3.70. The lowest BCUT2D eigenvalue weighted by Gasteiger charge is -2.22. The van der Waals surface area contributed by atoms with E-state index in [0.29, 0.717) is 17.7 Å². The van der Waals surface area contributed by atoms with E-state index in [4.69, 9.17) is 11.6 Å². The third kappa shape index (κ3) is 3.62. The molecule has 2 N–H and O–H groups in total. The van der Waals surface area contributed by atoms with E-state index in [9.17, 15) is 26.4 Å². The smallest absolute Gasteiger partial charge is 0.385 e. The first-order valence-electron chi connectivity index (χ1n) is 9.22. The molecule has 1 aromatic heterocycles. The minimum absolute atomic E-state index is 0.00740. The van der Waals surface area contributed by atoms with Crippen LogP contribution in [-0.4, -0.2) is 25.9 Å². The molecule has 160 valence electrons. The van der Waals surface area contributed by atoms with Gasteiger partial charge in [0.1, 0.15) is 10.8 Å². The van der Waals surface area contributed by atoms with Gasteiger partial charge in [-0.3, -0.25) is 4.79 Å². The van der Waals surface area contributed by atoms with Crippen molar-refractivity contribution in [2.24, 2.45) is 0 Å². The van der Waals surface area contributed by atoms with Crippen molar-refractivity contribution >= 4 is 33.2 Å². The molecule has 1 amide bonds. The summed E-state index contributed by atoms with van der Waals surface area (Å²) in [6, 6.07) is 6.60. The monoisotopic (exact) mass is 459 g/mol. The minimum atomic E-state index is -4.68. The second kappa shape index (κ2) is 7.12. The van der Waals surface area contributed by atoms with E-state index in [1.807, 2.05) is 0 Å². The van der Waals surface area contributed by atoms with Crippen molar-refractivity contribution in [1.82, 2.24) is 9.71 Å². The molecule has 30 heavy (non-hydrogen) atoms. The molecule has 2 aliphatic rings. The lowest BCUT2D eigenvalue weighted by Crippen LogP contribution is -2.39. The molecule has 1 aliphatic heterocycles.